The smallest absolute Gasteiger partial charge is 0.340 e. The Morgan fingerprint density at radius 3 is 2.15 bits per heavy atom. The zero-order valence-electron chi connectivity index (χ0n) is 18.6. The Kier molecular flexibility index (Phi) is 7.40. The molecule has 3 aromatic rings. The van der Waals surface area contributed by atoms with Gasteiger partial charge >= 0.3 is 11.9 Å². The lowest BCUT2D eigenvalue weighted by molar-refractivity contribution is -0.384. The highest BCUT2D eigenvalue weighted by Crippen LogP contribution is 2.38. The second-order valence-corrected chi connectivity index (χ2v) is 7.11. The van der Waals surface area contributed by atoms with E-state index in [2.05, 4.69) is 5.32 Å². The number of nitrogens with zero attached hydrogens (tertiary/aromatic N) is 1. The molecule has 0 unspecified atom stereocenters. The lowest BCUT2D eigenvalue weighted by Gasteiger charge is -2.20. The van der Waals surface area contributed by atoms with Gasteiger partial charge in [0.2, 0.25) is 0 Å². The number of ether oxygens (including phenoxy) is 2. The first-order valence-electron chi connectivity index (χ1n) is 10.5. The predicted molar refractivity (Wildman–Crippen MR) is 125 cm³/mol. The number of para-hydroxylation sites is 1. The van der Waals surface area contributed by atoms with E-state index in [-0.39, 0.29) is 35.6 Å². The highest BCUT2D eigenvalue weighted by Gasteiger charge is 2.28. The van der Waals surface area contributed by atoms with Gasteiger partial charge in [-0.15, -0.1) is 0 Å². The van der Waals surface area contributed by atoms with Crippen molar-refractivity contribution >= 4 is 29.0 Å². The molecule has 0 radical (unpaired) electrons. The summed E-state index contributed by atoms with van der Waals surface area (Å²) in [6.45, 7) is 5.32. The van der Waals surface area contributed by atoms with Crippen LogP contribution in [-0.2, 0) is 9.47 Å². The second-order valence-electron chi connectivity index (χ2n) is 7.11. The number of hydrogen-bond donors (Lipinski definition) is 1. The molecular weight excluding hydrogens is 424 g/mol. The van der Waals surface area contributed by atoms with Crippen LogP contribution in [0.15, 0.2) is 60.7 Å². The zero-order chi connectivity index (χ0) is 24.0. The fourth-order valence-corrected chi connectivity index (χ4v) is 3.54. The average molecular weight is 448 g/mol. The Balaban J connectivity index is 2.38. The monoisotopic (exact) mass is 448 g/mol. The minimum Gasteiger partial charge on any atom is -0.462 e. The number of esters is 2. The van der Waals surface area contributed by atoms with Gasteiger partial charge in [-0.2, -0.15) is 0 Å². The van der Waals surface area contributed by atoms with Crippen LogP contribution >= 0.6 is 0 Å². The van der Waals surface area contributed by atoms with Crippen LogP contribution in [0.3, 0.4) is 0 Å². The molecule has 3 aromatic carbocycles. The molecule has 0 aliphatic rings. The largest absolute Gasteiger partial charge is 0.462 e. The maximum Gasteiger partial charge on any atom is 0.340 e. The fraction of sp³-hybridized carbons (Fsp3) is 0.200. The Bertz CT molecular complexity index is 1190. The number of aryl methyl sites for hydroxylation is 1. The third kappa shape index (κ3) is 5.17. The molecule has 0 fully saturated rings. The van der Waals surface area contributed by atoms with Gasteiger partial charge in [0.15, 0.2) is 0 Å². The van der Waals surface area contributed by atoms with Crippen LogP contribution < -0.4 is 5.32 Å². The minimum atomic E-state index is -0.664. The number of non-ortho nitro benzene ring substituents is 1. The predicted octanol–water partition coefficient (Wildman–Crippen LogP) is 5.67. The quantitative estimate of drug-likeness (QED) is 0.269. The third-order valence-electron chi connectivity index (χ3n) is 4.88. The molecule has 0 amide bonds. The molecule has 0 aliphatic heterocycles. The van der Waals surface area contributed by atoms with Crippen molar-refractivity contribution in [2.75, 3.05) is 18.5 Å². The minimum absolute atomic E-state index is 0.0925. The highest BCUT2D eigenvalue weighted by molar-refractivity contribution is 6.11. The van der Waals surface area contributed by atoms with E-state index in [4.69, 9.17) is 9.47 Å². The Labute approximate surface area is 191 Å². The molecular formula is C25H24N2O6. The van der Waals surface area contributed by atoms with Gasteiger partial charge in [0.05, 0.1) is 35.0 Å². The van der Waals surface area contributed by atoms with Crippen LogP contribution in [0, 0.1) is 17.0 Å². The number of carbonyl (C=O) groups excluding carboxylic acids is 2. The molecule has 0 heterocycles. The number of anilines is 2. The van der Waals surface area contributed by atoms with Crippen LogP contribution in [0.2, 0.25) is 0 Å². The van der Waals surface area contributed by atoms with Crippen LogP contribution in [0.4, 0.5) is 17.1 Å². The van der Waals surface area contributed by atoms with Crippen LogP contribution in [0.25, 0.3) is 11.1 Å². The molecule has 0 saturated heterocycles. The number of rotatable bonds is 8. The van der Waals surface area contributed by atoms with Crippen molar-refractivity contribution in [3.05, 3.63) is 87.5 Å². The van der Waals surface area contributed by atoms with Crippen molar-refractivity contribution in [2.45, 2.75) is 20.8 Å². The van der Waals surface area contributed by atoms with E-state index in [0.717, 1.165) is 5.69 Å². The van der Waals surface area contributed by atoms with Gasteiger partial charge in [-0.25, -0.2) is 9.59 Å². The number of nitro groups is 1. The molecule has 0 saturated carbocycles. The summed E-state index contributed by atoms with van der Waals surface area (Å²) < 4.78 is 10.6. The second kappa shape index (κ2) is 10.4. The summed E-state index contributed by atoms with van der Waals surface area (Å²) in [5, 5.41) is 14.6. The number of nitrogens with one attached hydrogen (secondary N) is 1. The van der Waals surface area contributed by atoms with E-state index >= 15 is 0 Å². The zero-order valence-corrected chi connectivity index (χ0v) is 18.6. The molecule has 1 N–H and O–H groups in total. The number of nitro benzene ring substituents is 1. The molecule has 170 valence electrons. The van der Waals surface area contributed by atoms with Crippen LogP contribution in [0.1, 0.15) is 40.1 Å². The first-order valence-corrected chi connectivity index (χ1v) is 10.5. The lowest BCUT2D eigenvalue weighted by atomic mass is 9.89. The molecule has 0 aliphatic carbocycles. The fourth-order valence-electron chi connectivity index (χ4n) is 3.54. The molecule has 3 rings (SSSR count). The van der Waals surface area contributed by atoms with Gasteiger partial charge in [-0.3, -0.25) is 10.1 Å². The summed E-state index contributed by atoms with van der Waals surface area (Å²) >= 11 is 0. The molecule has 8 heteroatoms. The number of benzene rings is 3. The molecule has 33 heavy (non-hydrogen) atoms. The molecule has 8 nitrogen and oxygen atoms in total. The SMILES string of the molecule is CCOC(=O)c1c(C)cc(Nc2ccccc2)c(C(=O)OCC)c1-c1cccc([N+](=O)[O-])c1. The summed E-state index contributed by atoms with van der Waals surface area (Å²) in [4.78, 5) is 37.0. The van der Waals surface area contributed by atoms with Crippen molar-refractivity contribution in [2.24, 2.45) is 0 Å². The van der Waals surface area contributed by atoms with E-state index in [9.17, 15) is 19.7 Å². The maximum absolute atomic E-state index is 13.2. The average Bonchev–Trinajstić information content (AvgIpc) is 2.79. The number of hydrogen-bond acceptors (Lipinski definition) is 7. The molecule has 0 bridgehead atoms. The number of carbonyl (C=O) groups is 2. The summed E-state index contributed by atoms with van der Waals surface area (Å²) in [7, 11) is 0. The Morgan fingerprint density at radius 1 is 0.909 bits per heavy atom. The van der Waals surface area contributed by atoms with E-state index in [1.165, 1.54) is 18.2 Å². The maximum atomic E-state index is 13.2. The third-order valence-corrected chi connectivity index (χ3v) is 4.88. The normalized spacial score (nSPS) is 10.4. The molecule has 0 atom stereocenters. The Hall–Kier alpha value is -4.20. The van der Waals surface area contributed by atoms with E-state index in [1.54, 1.807) is 32.9 Å². The molecule has 0 aromatic heterocycles. The van der Waals surface area contributed by atoms with Crippen molar-refractivity contribution in [1.82, 2.24) is 0 Å². The van der Waals surface area contributed by atoms with Gasteiger partial charge in [-0.05, 0) is 50.1 Å². The van der Waals surface area contributed by atoms with E-state index in [0.29, 0.717) is 16.8 Å². The molecule has 0 spiro atoms. The van der Waals surface area contributed by atoms with Gasteiger partial charge in [0.25, 0.3) is 5.69 Å². The van der Waals surface area contributed by atoms with Crippen molar-refractivity contribution < 1.29 is 24.0 Å². The summed E-state index contributed by atoms with van der Waals surface area (Å²) in [5.41, 5.74) is 2.29. The van der Waals surface area contributed by atoms with Crippen molar-refractivity contribution in [3.63, 3.8) is 0 Å². The van der Waals surface area contributed by atoms with Gasteiger partial charge < -0.3 is 14.8 Å². The first-order chi connectivity index (χ1) is 15.9. The van der Waals surface area contributed by atoms with Gasteiger partial charge in [0, 0.05) is 23.4 Å². The summed E-state index contributed by atoms with van der Waals surface area (Å²) in [5.74, 6) is -1.30. The van der Waals surface area contributed by atoms with E-state index < -0.39 is 16.9 Å². The highest BCUT2D eigenvalue weighted by atomic mass is 16.6. The van der Waals surface area contributed by atoms with Crippen molar-refractivity contribution in [3.8, 4) is 11.1 Å². The van der Waals surface area contributed by atoms with Gasteiger partial charge in [0.1, 0.15) is 0 Å². The lowest BCUT2D eigenvalue weighted by Crippen LogP contribution is -2.16. The standard InChI is InChI=1S/C25H24N2O6/c1-4-32-24(28)21-16(3)14-20(26-18-11-7-6-8-12-18)23(25(29)33-5-2)22(21)17-10-9-13-19(15-17)27(30)31/h6-15,26H,4-5H2,1-3H3. The summed E-state index contributed by atoms with van der Waals surface area (Å²) in [6.07, 6.45) is 0. The topological polar surface area (TPSA) is 108 Å². The van der Waals surface area contributed by atoms with Crippen LogP contribution in [0.5, 0.6) is 0 Å². The Morgan fingerprint density at radius 2 is 1.55 bits per heavy atom. The summed E-state index contributed by atoms with van der Waals surface area (Å²) in [6, 6.07) is 16.7. The van der Waals surface area contributed by atoms with Crippen LogP contribution in [-0.4, -0.2) is 30.1 Å². The first kappa shape index (κ1) is 23.5. The van der Waals surface area contributed by atoms with Crippen molar-refractivity contribution in [1.29, 1.82) is 0 Å². The van der Waals surface area contributed by atoms with E-state index in [1.807, 2.05) is 30.3 Å². The van der Waals surface area contributed by atoms with Gasteiger partial charge in [-0.1, -0.05) is 30.3 Å².